The maximum atomic E-state index is 10.3. The van der Waals surface area contributed by atoms with Gasteiger partial charge in [-0.25, -0.2) is 0 Å². The number of alkyl halides is 1. The lowest BCUT2D eigenvalue weighted by Crippen LogP contribution is -2.46. The second-order valence-corrected chi connectivity index (χ2v) is 12.8. The monoisotopic (exact) mass is 508 g/mol. The number of fused-ring (bicyclic) bond motifs is 4. The fourth-order valence-corrected chi connectivity index (χ4v) is 9.41. The molecule has 4 aliphatic carbocycles. The molecule has 8 atom stereocenters. The van der Waals surface area contributed by atoms with Crippen molar-refractivity contribution in [2.24, 2.45) is 46.8 Å². The fourth-order valence-electron chi connectivity index (χ4n) is 8.52. The Morgan fingerprint density at radius 3 is 2.59 bits per heavy atom. The number of aliphatic hydroxyl groups is 1. The summed E-state index contributed by atoms with van der Waals surface area (Å²) in [6.45, 7) is 10.0. The van der Waals surface area contributed by atoms with Gasteiger partial charge in [0.05, 0.1) is 6.10 Å². The summed E-state index contributed by atoms with van der Waals surface area (Å²) in [7, 11) is 0. The molecule has 2 saturated carbocycles. The highest BCUT2D eigenvalue weighted by atomic mass is 123. The molecular weight excluding hydrogens is 463 g/mol. The van der Waals surface area contributed by atoms with E-state index in [0.29, 0.717) is 5.41 Å². The van der Waals surface area contributed by atoms with Gasteiger partial charge in [-0.3, -0.25) is 0 Å². The van der Waals surface area contributed by atoms with Crippen molar-refractivity contribution in [2.45, 2.75) is 104 Å². The van der Waals surface area contributed by atoms with E-state index in [1.165, 1.54) is 62.2 Å². The smallest absolute Gasteiger partial charge is 0.0580 e. The summed E-state index contributed by atoms with van der Waals surface area (Å²) in [6, 6.07) is 0. The molecule has 0 unspecified atom stereocenters. The Kier molecular flexibility index (Phi) is 7.11. The van der Waals surface area contributed by atoms with Crippen molar-refractivity contribution >= 4 is 22.6 Å². The summed E-state index contributed by atoms with van der Waals surface area (Å²) < 4.78 is 1.25. The van der Waals surface area contributed by atoms with Crippen molar-refractivity contribution in [1.82, 2.24) is 0 Å². The minimum absolute atomic E-state index is 0.0628. The Balaban J connectivity index is 1.51. The van der Waals surface area contributed by atoms with E-state index in [4.69, 9.17) is 0 Å². The second kappa shape index (κ2) is 9.12. The molecule has 4 aliphatic rings. The van der Waals surface area contributed by atoms with Gasteiger partial charge in [0.2, 0.25) is 0 Å². The van der Waals surface area contributed by atoms with E-state index < -0.39 is 0 Å². The lowest BCUT2D eigenvalue weighted by molar-refractivity contribution is -0.0106. The predicted octanol–water partition coefficient (Wildman–Crippen LogP) is 7.80. The Hall–Kier alpha value is 0.430. The average Bonchev–Trinajstić information content (AvgIpc) is 3.04. The molecule has 0 saturated heterocycles. The standard InChI is InChI=1S/C27H45IO/c1-17(2)6-5-7-18(3)25-10-11-26-24-14-19(16-28)23-15-20(29)8-9-21(23)22(24)12-13-27(25,26)4/h17-20,22,24-26,29H,5-16H2,1-4H3/t18-,19+,20+,22-,24-,25-,26+,27-/m1/s1/i28-4. The minimum atomic E-state index is -0.0628. The van der Waals surface area contributed by atoms with Crippen LogP contribution in [0.1, 0.15) is 98.3 Å². The molecule has 4 rings (SSSR count). The molecule has 29 heavy (non-hydrogen) atoms. The number of aliphatic hydroxyl groups excluding tert-OH is 1. The van der Waals surface area contributed by atoms with Gasteiger partial charge in [-0.05, 0) is 98.2 Å². The molecule has 0 heterocycles. The molecule has 0 bridgehead atoms. The SMILES string of the molecule is CC(C)CCC[C@@H](C)[C@H]1CC[C@H]2[C@@H]3C[C@@H](C[123I])C4=C(CC[C@H](O)C4)[C@H]3CC[C@]12C. The van der Waals surface area contributed by atoms with E-state index in [1.54, 1.807) is 5.57 Å². The first-order chi connectivity index (χ1) is 13.8. The van der Waals surface area contributed by atoms with Gasteiger partial charge in [0.1, 0.15) is 0 Å². The highest BCUT2D eigenvalue weighted by molar-refractivity contribution is 14.1. The lowest BCUT2D eigenvalue weighted by Gasteiger charge is -2.54. The minimum Gasteiger partial charge on any atom is -0.393 e. The largest absolute Gasteiger partial charge is 0.393 e. The number of hydrogen-bond acceptors (Lipinski definition) is 1. The van der Waals surface area contributed by atoms with Crippen molar-refractivity contribution in [3.8, 4) is 0 Å². The quantitative estimate of drug-likeness (QED) is 0.220. The van der Waals surface area contributed by atoms with E-state index in [1.807, 2.05) is 5.57 Å². The second-order valence-electron chi connectivity index (χ2n) is 11.9. The van der Waals surface area contributed by atoms with Gasteiger partial charge in [-0.15, -0.1) is 0 Å². The highest BCUT2D eigenvalue weighted by Crippen LogP contribution is 2.65. The average molecular weight is 509 g/mol. The van der Waals surface area contributed by atoms with Gasteiger partial charge in [0.15, 0.2) is 0 Å². The summed E-state index contributed by atoms with van der Waals surface area (Å²) in [6.07, 6.45) is 14.7. The van der Waals surface area contributed by atoms with Gasteiger partial charge < -0.3 is 5.11 Å². The Bertz CT molecular complexity index is 610. The summed E-state index contributed by atoms with van der Waals surface area (Å²) in [5.41, 5.74) is 4.14. The van der Waals surface area contributed by atoms with Crippen molar-refractivity contribution in [1.29, 1.82) is 0 Å². The number of allylic oxidation sites excluding steroid dienone is 1. The van der Waals surface area contributed by atoms with E-state index in [-0.39, 0.29) is 6.10 Å². The van der Waals surface area contributed by atoms with Crippen molar-refractivity contribution in [2.75, 3.05) is 4.43 Å². The molecule has 2 heteroatoms. The number of hydrogen-bond donors (Lipinski definition) is 1. The lowest BCUT2D eigenvalue weighted by atomic mass is 9.51. The third kappa shape index (κ3) is 4.24. The molecule has 1 nitrogen and oxygen atoms in total. The van der Waals surface area contributed by atoms with E-state index >= 15 is 0 Å². The molecule has 0 aromatic carbocycles. The predicted molar refractivity (Wildman–Crippen MR) is 132 cm³/mol. The van der Waals surface area contributed by atoms with Crippen molar-refractivity contribution in [3.05, 3.63) is 11.1 Å². The molecule has 0 aromatic rings. The first-order valence-electron chi connectivity index (χ1n) is 12.8. The normalized spacial score (nSPS) is 43.1. The fraction of sp³-hybridized carbons (Fsp3) is 0.926. The zero-order chi connectivity index (χ0) is 20.8. The van der Waals surface area contributed by atoms with Crippen LogP contribution in [0.2, 0.25) is 0 Å². The van der Waals surface area contributed by atoms with Crippen LogP contribution in [0.15, 0.2) is 11.1 Å². The summed E-state index contributed by atoms with van der Waals surface area (Å²) in [4.78, 5) is 0. The number of rotatable bonds is 6. The maximum absolute atomic E-state index is 10.3. The summed E-state index contributed by atoms with van der Waals surface area (Å²) >= 11 is 2.63. The zero-order valence-electron chi connectivity index (χ0n) is 19.4. The van der Waals surface area contributed by atoms with Crippen LogP contribution in [0.4, 0.5) is 0 Å². The van der Waals surface area contributed by atoms with Crippen LogP contribution < -0.4 is 0 Å². The van der Waals surface area contributed by atoms with Gasteiger partial charge >= 0.3 is 0 Å². The molecule has 0 amide bonds. The molecular formula is C27H45IO. The Labute approximate surface area is 194 Å². The maximum Gasteiger partial charge on any atom is 0.0580 e. The van der Waals surface area contributed by atoms with Crippen LogP contribution in [0.5, 0.6) is 0 Å². The third-order valence-electron chi connectivity index (χ3n) is 9.94. The van der Waals surface area contributed by atoms with E-state index in [0.717, 1.165) is 54.3 Å². The van der Waals surface area contributed by atoms with Gasteiger partial charge in [-0.2, -0.15) is 0 Å². The van der Waals surface area contributed by atoms with E-state index in [9.17, 15) is 5.11 Å². The van der Waals surface area contributed by atoms with Crippen LogP contribution in [0.25, 0.3) is 0 Å². The van der Waals surface area contributed by atoms with Crippen LogP contribution in [0.3, 0.4) is 0 Å². The molecule has 2 fully saturated rings. The Morgan fingerprint density at radius 1 is 1.07 bits per heavy atom. The molecule has 0 aliphatic heterocycles. The van der Waals surface area contributed by atoms with Gasteiger partial charge in [0.25, 0.3) is 0 Å². The van der Waals surface area contributed by atoms with E-state index in [2.05, 4.69) is 50.3 Å². The first-order valence-corrected chi connectivity index (χ1v) is 14.3. The first kappa shape index (κ1) is 22.6. The molecule has 0 spiro atoms. The third-order valence-corrected chi connectivity index (χ3v) is 11.0. The van der Waals surface area contributed by atoms with Crippen LogP contribution in [0, 0.1) is 46.8 Å². The Morgan fingerprint density at radius 2 is 1.86 bits per heavy atom. The van der Waals surface area contributed by atoms with Crippen LogP contribution in [-0.4, -0.2) is 15.6 Å². The molecule has 0 aromatic heterocycles. The number of halogens is 1. The summed E-state index contributed by atoms with van der Waals surface area (Å²) in [5.74, 6) is 6.25. The summed E-state index contributed by atoms with van der Waals surface area (Å²) in [5, 5.41) is 10.3. The van der Waals surface area contributed by atoms with Gasteiger partial charge in [0, 0.05) is 4.43 Å². The van der Waals surface area contributed by atoms with Crippen LogP contribution in [-0.2, 0) is 0 Å². The zero-order valence-corrected chi connectivity index (χ0v) is 21.6. The molecule has 0 radical (unpaired) electrons. The highest BCUT2D eigenvalue weighted by Gasteiger charge is 2.56. The van der Waals surface area contributed by atoms with Crippen LogP contribution >= 0.6 is 22.6 Å². The topological polar surface area (TPSA) is 20.2 Å². The molecule has 1 N–H and O–H groups in total. The van der Waals surface area contributed by atoms with Crippen molar-refractivity contribution in [3.63, 3.8) is 0 Å². The van der Waals surface area contributed by atoms with Crippen molar-refractivity contribution < 1.29 is 5.11 Å². The van der Waals surface area contributed by atoms with Gasteiger partial charge in [-0.1, -0.05) is 80.7 Å². The molecule has 166 valence electrons.